The Morgan fingerprint density at radius 3 is 2.38 bits per heavy atom. The number of benzene rings is 2. The van der Waals surface area contributed by atoms with Crippen molar-refractivity contribution in [3.63, 3.8) is 0 Å². The number of carbonyl (C=O) groups excluding carboxylic acids is 2. The van der Waals surface area contributed by atoms with Gasteiger partial charge in [0.25, 0.3) is 0 Å². The van der Waals surface area contributed by atoms with Crippen LogP contribution in [-0.4, -0.2) is 40.5 Å². The minimum Gasteiger partial charge on any atom is -0.478 e. The molecular formula is C28H33NO5. The van der Waals surface area contributed by atoms with E-state index in [9.17, 15) is 14.4 Å². The van der Waals surface area contributed by atoms with Crippen LogP contribution in [0.15, 0.2) is 60.7 Å². The second kappa shape index (κ2) is 12.7. The van der Waals surface area contributed by atoms with Gasteiger partial charge in [0.2, 0.25) is 0 Å². The summed E-state index contributed by atoms with van der Waals surface area (Å²) in [5.41, 5.74) is 3.01. The number of amides is 1. The number of aryl methyl sites for hydroxylation is 1. The van der Waals surface area contributed by atoms with Gasteiger partial charge in [-0.25, -0.2) is 9.59 Å². The van der Waals surface area contributed by atoms with Gasteiger partial charge in [0.1, 0.15) is 0 Å². The Hall–Kier alpha value is -3.41. The van der Waals surface area contributed by atoms with Gasteiger partial charge in [-0.15, -0.1) is 0 Å². The molecule has 3 rings (SSSR count). The normalized spacial score (nSPS) is 17.9. The molecule has 1 fully saturated rings. The summed E-state index contributed by atoms with van der Waals surface area (Å²) in [6.07, 6.45) is 8.52. The molecule has 6 nitrogen and oxygen atoms in total. The maximum absolute atomic E-state index is 13.1. The van der Waals surface area contributed by atoms with Crippen molar-refractivity contribution in [3.8, 4) is 0 Å². The molecular weight excluding hydrogens is 430 g/mol. The highest BCUT2D eigenvalue weighted by Gasteiger charge is 2.35. The highest BCUT2D eigenvalue weighted by Crippen LogP contribution is 2.33. The molecule has 6 heteroatoms. The summed E-state index contributed by atoms with van der Waals surface area (Å²) in [6, 6.07) is 17.6. The van der Waals surface area contributed by atoms with Gasteiger partial charge in [0.05, 0.1) is 6.61 Å². The number of carboxylic acids is 1. The van der Waals surface area contributed by atoms with Crippen molar-refractivity contribution in [2.45, 2.75) is 58.0 Å². The Labute approximate surface area is 201 Å². The van der Waals surface area contributed by atoms with Crippen molar-refractivity contribution in [3.05, 3.63) is 77.4 Å². The number of aliphatic carboxylic acids is 1. The van der Waals surface area contributed by atoms with Crippen molar-refractivity contribution in [2.24, 2.45) is 5.92 Å². The van der Waals surface area contributed by atoms with Crippen molar-refractivity contribution in [2.75, 3.05) is 6.61 Å². The molecule has 34 heavy (non-hydrogen) atoms. The number of hydrogen-bond donors (Lipinski definition) is 1. The fourth-order valence-corrected chi connectivity index (χ4v) is 4.68. The summed E-state index contributed by atoms with van der Waals surface area (Å²) in [4.78, 5) is 37.9. The predicted molar refractivity (Wildman–Crippen MR) is 131 cm³/mol. The molecule has 0 aromatic heterocycles. The smallest absolute Gasteiger partial charge is 0.397 e. The van der Waals surface area contributed by atoms with Gasteiger partial charge in [-0.05, 0) is 61.3 Å². The molecule has 2 unspecified atom stereocenters. The molecule has 1 amide bonds. The predicted octanol–water partition coefficient (Wildman–Crippen LogP) is 4.87. The number of ether oxygens (including phenoxy) is 1. The zero-order valence-electron chi connectivity index (χ0n) is 19.7. The first-order valence-corrected chi connectivity index (χ1v) is 12.0. The molecule has 0 aliphatic heterocycles. The second-order valence-corrected chi connectivity index (χ2v) is 8.70. The first kappa shape index (κ1) is 25.2. The van der Waals surface area contributed by atoms with Crippen molar-refractivity contribution < 1.29 is 24.2 Å². The monoisotopic (exact) mass is 463 g/mol. The molecule has 180 valence electrons. The van der Waals surface area contributed by atoms with E-state index in [0.717, 1.165) is 55.7 Å². The molecule has 1 aliphatic carbocycles. The fourth-order valence-electron chi connectivity index (χ4n) is 4.68. The Morgan fingerprint density at radius 2 is 1.71 bits per heavy atom. The average Bonchev–Trinajstić information content (AvgIpc) is 2.86. The van der Waals surface area contributed by atoms with Crippen LogP contribution < -0.4 is 0 Å². The van der Waals surface area contributed by atoms with Gasteiger partial charge in [0.15, 0.2) is 0 Å². The second-order valence-electron chi connectivity index (χ2n) is 8.70. The van der Waals surface area contributed by atoms with Gasteiger partial charge in [-0.2, -0.15) is 0 Å². The molecule has 0 heterocycles. The standard InChI is InChI=1S/C28H33NO5/c1-2-34-28(33)27(32)29(20-23-8-4-3-5-9-23)25-11-7-6-10-24(25)18-16-21-12-14-22(15-13-21)17-19-26(30)31/h3-5,8-9,12-15,17,19,24-25H,2,6-7,10-11,16,18,20H2,1H3,(H,30,31)/b19-17+. The SMILES string of the molecule is CCOC(=O)C(=O)N(Cc1ccccc1)C1CCCCC1CCc1ccc(/C=C/C(=O)O)cc1. The zero-order valence-corrected chi connectivity index (χ0v) is 19.7. The van der Waals surface area contributed by atoms with E-state index in [1.54, 1.807) is 17.9 Å². The van der Waals surface area contributed by atoms with Crippen LogP contribution in [0.4, 0.5) is 0 Å². The molecule has 1 saturated carbocycles. The Kier molecular flexibility index (Phi) is 9.44. The lowest BCUT2D eigenvalue weighted by Gasteiger charge is -2.40. The van der Waals surface area contributed by atoms with Gasteiger partial charge in [0, 0.05) is 18.7 Å². The molecule has 2 aromatic carbocycles. The first-order chi connectivity index (χ1) is 16.5. The zero-order chi connectivity index (χ0) is 24.3. The van der Waals surface area contributed by atoms with Crippen LogP contribution in [0.3, 0.4) is 0 Å². The van der Waals surface area contributed by atoms with Crippen LogP contribution in [0, 0.1) is 5.92 Å². The summed E-state index contributed by atoms with van der Waals surface area (Å²) >= 11 is 0. The number of rotatable bonds is 9. The van der Waals surface area contributed by atoms with Crippen LogP contribution in [0.2, 0.25) is 0 Å². The van der Waals surface area contributed by atoms with E-state index in [1.165, 1.54) is 5.56 Å². The maximum Gasteiger partial charge on any atom is 0.397 e. The van der Waals surface area contributed by atoms with E-state index in [2.05, 4.69) is 0 Å². The van der Waals surface area contributed by atoms with Crippen molar-refractivity contribution in [1.82, 2.24) is 4.90 Å². The largest absolute Gasteiger partial charge is 0.478 e. The van der Waals surface area contributed by atoms with Crippen molar-refractivity contribution >= 4 is 23.9 Å². The van der Waals surface area contributed by atoms with Crippen LogP contribution in [0.5, 0.6) is 0 Å². The molecule has 0 spiro atoms. The van der Waals surface area contributed by atoms with Crippen molar-refractivity contribution in [1.29, 1.82) is 0 Å². The fraction of sp³-hybridized carbons (Fsp3) is 0.393. The van der Waals surface area contributed by atoms with E-state index in [4.69, 9.17) is 9.84 Å². The topological polar surface area (TPSA) is 83.9 Å². The van der Waals surface area contributed by atoms with Gasteiger partial charge in [-0.1, -0.05) is 67.4 Å². The third kappa shape index (κ3) is 7.30. The highest BCUT2D eigenvalue weighted by molar-refractivity contribution is 6.32. The van der Waals surface area contributed by atoms with Crippen LogP contribution in [0.25, 0.3) is 6.08 Å². The number of hydrogen-bond acceptors (Lipinski definition) is 4. The quantitative estimate of drug-likeness (QED) is 0.326. The summed E-state index contributed by atoms with van der Waals surface area (Å²) in [5, 5.41) is 8.78. The lowest BCUT2D eigenvalue weighted by Crippen LogP contribution is -2.48. The number of nitrogens with zero attached hydrogens (tertiary/aromatic N) is 1. The van der Waals surface area contributed by atoms with E-state index in [0.29, 0.717) is 12.5 Å². The van der Waals surface area contributed by atoms with Gasteiger partial charge >= 0.3 is 17.8 Å². The summed E-state index contributed by atoms with van der Waals surface area (Å²) in [5.74, 6) is -2.02. The number of carbonyl (C=O) groups is 3. The van der Waals surface area contributed by atoms with Crippen LogP contribution in [-0.2, 0) is 32.1 Å². The summed E-state index contributed by atoms with van der Waals surface area (Å²) in [6.45, 7) is 2.28. The number of carboxylic acid groups (broad SMARTS) is 1. The highest BCUT2D eigenvalue weighted by atomic mass is 16.5. The van der Waals surface area contributed by atoms with E-state index in [-0.39, 0.29) is 12.6 Å². The number of esters is 1. The molecule has 0 bridgehead atoms. The molecule has 1 N–H and O–H groups in total. The maximum atomic E-state index is 13.1. The minimum absolute atomic E-state index is 0.0105. The third-order valence-electron chi connectivity index (χ3n) is 6.38. The molecule has 0 saturated heterocycles. The molecule has 1 aliphatic rings. The van der Waals surface area contributed by atoms with E-state index >= 15 is 0 Å². The lowest BCUT2D eigenvalue weighted by molar-refractivity contribution is -0.162. The van der Waals surface area contributed by atoms with Crippen LogP contribution >= 0.6 is 0 Å². The molecule has 2 aromatic rings. The lowest BCUT2D eigenvalue weighted by atomic mass is 9.80. The third-order valence-corrected chi connectivity index (χ3v) is 6.38. The Bertz CT molecular complexity index is 984. The Balaban J connectivity index is 1.73. The Morgan fingerprint density at radius 1 is 1.00 bits per heavy atom. The van der Waals surface area contributed by atoms with E-state index in [1.807, 2.05) is 54.6 Å². The minimum atomic E-state index is -0.968. The van der Waals surface area contributed by atoms with Gasteiger partial charge in [-0.3, -0.25) is 4.79 Å². The molecule has 2 atom stereocenters. The molecule has 0 radical (unpaired) electrons. The van der Waals surface area contributed by atoms with Gasteiger partial charge < -0.3 is 14.7 Å². The average molecular weight is 464 g/mol. The summed E-state index contributed by atoms with van der Waals surface area (Å²) in [7, 11) is 0. The van der Waals surface area contributed by atoms with E-state index < -0.39 is 17.8 Å². The first-order valence-electron chi connectivity index (χ1n) is 12.0. The summed E-state index contributed by atoms with van der Waals surface area (Å²) < 4.78 is 5.05. The van der Waals surface area contributed by atoms with Crippen LogP contribution in [0.1, 0.15) is 55.7 Å².